The highest BCUT2D eigenvalue weighted by Gasteiger charge is 2.14. The molecule has 0 saturated heterocycles. The van der Waals surface area contributed by atoms with Crippen molar-refractivity contribution in [3.63, 3.8) is 0 Å². The summed E-state index contributed by atoms with van der Waals surface area (Å²) in [4.78, 5) is 16.2. The number of carbonyl (C=O) groups is 1. The number of aromatic carboxylic acids is 1. The molecule has 1 aromatic heterocycles. The highest BCUT2D eigenvalue weighted by atomic mass is 19.1. The molecule has 0 spiro atoms. The third-order valence-electron chi connectivity index (χ3n) is 2.67. The number of hydrogen-bond donors (Lipinski definition) is 2. The van der Waals surface area contributed by atoms with Gasteiger partial charge in [-0.05, 0) is 18.2 Å². The van der Waals surface area contributed by atoms with Gasteiger partial charge in [0, 0.05) is 13.2 Å². The minimum atomic E-state index is -1.11. The number of carboxylic acid groups (broad SMARTS) is 1. The number of nitrogen functional groups attached to an aromatic ring is 1. The van der Waals surface area contributed by atoms with Gasteiger partial charge in [-0.15, -0.1) is 0 Å². The summed E-state index contributed by atoms with van der Waals surface area (Å²) < 4.78 is 13.7. The van der Waals surface area contributed by atoms with E-state index in [9.17, 15) is 9.18 Å². The Bertz CT molecular complexity index is 631. The Morgan fingerprint density at radius 1 is 1.42 bits per heavy atom. The Kier molecular flexibility index (Phi) is 3.33. The second kappa shape index (κ2) is 4.93. The van der Waals surface area contributed by atoms with Crippen molar-refractivity contribution in [1.29, 1.82) is 0 Å². The molecule has 98 valence electrons. The molecular formula is C13H12FN3O2. The summed E-state index contributed by atoms with van der Waals surface area (Å²) in [5, 5.41) is 8.83. The van der Waals surface area contributed by atoms with E-state index >= 15 is 0 Å². The third kappa shape index (κ3) is 2.47. The van der Waals surface area contributed by atoms with Gasteiger partial charge in [0.05, 0.1) is 16.9 Å². The molecule has 1 heterocycles. The lowest BCUT2D eigenvalue weighted by molar-refractivity contribution is 0.0696. The first-order valence-corrected chi connectivity index (χ1v) is 5.47. The number of nitrogens with two attached hydrogens (primary N) is 1. The fraction of sp³-hybridized carbons (Fsp3) is 0.0769. The van der Waals surface area contributed by atoms with Crippen LogP contribution < -0.4 is 10.6 Å². The Hall–Kier alpha value is -2.63. The maximum absolute atomic E-state index is 13.7. The summed E-state index contributed by atoms with van der Waals surface area (Å²) in [7, 11) is 1.61. The number of hydrogen-bond acceptors (Lipinski definition) is 4. The Labute approximate surface area is 109 Å². The van der Waals surface area contributed by atoms with Gasteiger partial charge in [-0.25, -0.2) is 14.2 Å². The molecule has 0 unspecified atom stereocenters. The Balaban J connectivity index is 2.42. The zero-order chi connectivity index (χ0) is 14.0. The first-order chi connectivity index (χ1) is 9.00. The molecule has 5 nitrogen and oxygen atoms in total. The van der Waals surface area contributed by atoms with E-state index in [1.807, 2.05) is 0 Å². The molecule has 1 aromatic carbocycles. The first-order valence-electron chi connectivity index (χ1n) is 5.47. The molecule has 3 N–H and O–H groups in total. The summed E-state index contributed by atoms with van der Waals surface area (Å²) in [5.41, 5.74) is 6.23. The maximum Gasteiger partial charge on any atom is 0.337 e. The summed E-state index contributed by atoms with van der Waals surface area (Å²) in [6.07, 6.45) is 1.19. The van der Waals surface area contributed by atoms with Gasteiger partial charge >= 0.3 is 5.97 Å². The highest BCUT2D eigenvalue weighted by molar-refractivity contribution is 5.89. The van der Waals surface area contributed by atoms with Gasteiger partial charge in [0.15, 0.2) is 5.82 Å². The van der Waals surface area contributed by atoms with E-state index in [1.54, 1.807) is 25.2 Å². The molecule has 0 fully saturated rings. The average molecular weight is 261 g/mol. The van der Waals surface area contributed by atoms with Gasteiger partial charge in [0.25, 0.3) is 0 Å². The average Bonchev–Trinajstić information content (AvgIpc) is 2.38. The summed E-state index contributed by atoms with van der Waals surface area (Å²) in [6, 6.07) is 7.48. The van der Waals surface area contributed by atoms with Gasteiger partial charge in [-0.1, -0.05) is 12.1 Å². The van der Waals surface area contributed by atoms with Gasteiger partial charge in [-0.2, -0.15) is 0 Å². The number of carboxylic acids is 1. The number of benzene rings is 1. The summed E-state index contributed by atoms with van der Waals surface area (Å²) in [5.74, 6) is -1.22. The van der Waals surface area contributed by atoms with E-state index in [0.29, 0.717) is 11.5 Å². The molecule has 0 aliphatic rings. The van der Waals surface area contributed by atoms with E-state index in [0.717, 1.165) is 0 Å². The van der Waals surface area contributed by atoms with Crippen molar-refractivity contribution in [3.05, 3.63) is 47.9 Å². The van der Waals surface area contributed by atoms with E-state index < -0.39 is 11.8 Å². The maximum atomic E-state index is 13.7. The number of nitrogens with zero attached hydrogens (tertiary/aromatic N) is 2. The number of anilines is 3. The zero-order valence-electron chi connectivity index (χ0n) is 10.2. The number of para-hydroxylation sites is 1. The standard InChI is InChI=1S/C13H12FN3O2/c1-17(11-5-3-2-4-9(11)14)12-10(15)6-8(7-16-12)13(18)19/h2-7H,15H2,1H3,(H,18,19). The van der Waals surface area contributed by atoms with Crippen molar-refractivity contribution in [2.24, 2.45) is 0 Å². The smallest absolute Gasteiger partial charge is 0.337 e. The monoisotopic (exact) mass is 261 g/mol. The number of rotatable bonds is 3. The fourth-order valence-corrected chi connectivity index (χ4v) is 1.71. The predicted molar refractivity (Wildman–Crippen MR) is 70.1 cm³/mol. The molecule has 19 heavy (non-hydrogen) atoms. The molecule has 0 saturated carbocycles. The molecule has 0 radical (unpaired) electrons. The topological polar surface area (TPSA) is 79.5 Å². The van der Waals surface area contributed by atoms with Gasteiger partial charge in [0.1, 0.15) is 5.82 Å². The van der Waals surface area contributed by atoms with Gasteiger partial charge in [-0.3, -0.25) is 0 Å². The molecule has 0 amide bonds. The molecule has 6 heteroatoms. The van der Waals surface area contributed by atoms with Crippen LogP contribution in [0.4, 0.5) is 21.6 Å². The van der Waals surface area contributed by atoms with Crippen LogP contribution in [0.1, 0.15) is 10.4 Å². The highest BCUT2D eigenvalue weighted by Crippen LogP contribution is 2.28. The molecule has 2 rings (SSSR count). The number of pyridine rings is 1. The van der Waals surface area contributed by atoms with Gasteiger partial charge < -0.3 is 15.7 Å². The largest absolute Gasteiger partial charge is 0.478 e. The molecule has 0 atom stereocenters. The van der Waals surface area contributed by atoms with Crippen LogP contribution in [0.25, 0.3) is 0 Å². The van der Waals surface area contributed by atoms with Crippen LogP contribution in [-0.4, -0.2) is 23.1 Å². The minimum Gasteiger partial charge on any atom is -0.478 e. The van der Waals surface area contributed by atoms with Crippen molar-refractivity contribution in [2.45, 2.75) is 0 Å². The van der Waals surface area contributed by atoms with Crippen molar-refractivity contribution in [1.82, 2.24) is 4.98 Å². The van der Waals surface area contributed by atoms with Crippen LogP contribution in [0, 0.1) is 5.82 Å². The number of halogens is 1. The van der Waals surface area contributed by atoms with Crippen LogP contribution >= 0.6 is 0 Å². The van der Waals surface area contributed by atoms with Gasteiger partial charge in [0.2, 0.25) is 0 Å². The van der Waals surface area contributed by atoms with Crippen molar-refractivity contribution in [3.8, 4) is 0 Å². The van der Waals surface area contributed by atoms with Crippen LogP contribution in [-0.2, 0) is 0 Å². The zero-order valence-corrected chi connectivity index (χ0v) is 10.2. The summed E-state index contributed by atoms with van der Waals surface area (Å²) >= 11 is 0. The molecule has 2 aromatic rings. The summed E-state index contributed by atoms with van der Waals surface area (Å²) in [6.45, 7) is 0. The lowest BCUT2D eigenvalue weighted by atomic mass is 10.2. The SMILES string of the molecule is CN(c1ccccc1F)c1ncc(C(=O)O)cc1N. The van der Waals surface area contributed by atoms with Crippen LogP contribution in [0.2, 0.25) is 0 Å². The minimum absolute atomic E-state index is 0.0109. The molecular weight excluding hydrogens is 249 g/mol. The number of aromatic nitrogens is 1. The van der Waals surface area contributed by atoms with Crippen molar-refractivity contribution >= 4 is 23.2 Å². The second-order valence-electron chi connectivity index (χ2n) is 3.95. The Morgan fingerprint density at radius 2 is 2.11 bits per heavy atom. The quantitative estimate of drug-likeness (QED) is 0.886. The van der Waals surface area contributed by atoms with Crippen LogP contribution in [0.3, 0.4) is 0 Å². The lowest BCUT2D eigenvalue weighted by Crippen LogP contribution is -2.15. The van der Waals surface area contributed by atoms with Crippen LogP contribution in [0.5, 0.6) is 0 Å². The fourth-order valence-electron chi connectivity index (χ4n) is 1.71. The van der Waals surface area contributed by atoms with Crippen LogP contribution in [0.15, 0.2) is 36.5 Å². The van der Waals surface area contributed by atoms with E-state index in [1.165, 1.54) is 23.2 Å². The van der Waals surface area contributed by atoms with E-state index in [2.05, 4.69) is 4.98 Å². The molecule has 0 aliphatic carbocycles. The Morgan fingerprint density at radius 3 is 2.68 bits per heavy atom. The van der Waals surface area contributed by atoms with E-state index in [4.69, 9.17) is 10.8 Å². The van der Waals surface area contributed by atoms with Crippen molar-refractivity contribution < 1.29 is 14.3 Å². The van der Waals surface area contributed by atoms with Crippen molar-refractivity contribution in [2.75, 3.05) is 17.7 Å². The second-order valence-corrected chi connectivity index (χ2v) is 3.95. The normalized spacial score (nSPS) is 10.2. The lowest BCUT2D eigenvalue weighted by Gasteiger charge is -2.20. The molecule has 0 aliphatic heterocycles. The van der Waals surface area contributed by atoms with E-state index in [-0.39, 0.29) is 11.3 Å². The first kappa shape index (κ1) is 12.8. The predicted octanol–water partition coefficient (Wildman–Crippen LogP) is 2.27. The molecule has 0 bridgehead atoms. The third-order valence-corrected chi connectivity index (χ3v) is 2.67.